The average Bonchev–Trinajstić information content (AvgIpc) is 2.90. The molecule has 0 atom stereocenters. The Bertz CT molecular complexity index is 746. The number of anilines is 1. The van der Waals surface area contributed by atoms with Crippen LogP contribution >= 0.6 is 11.3 Å². The first-order valence-electron chi connectivity index (χ1n) is 6.92. The summed E-state index contributed by atoms with van der Waals surface area (Å²) in [6, 6.07) is 15.9. The topological polar surface area (TPSA) is 42.0 Å². The highest BCUT2D eigenvalue weighted by Crippen LogP contribution is 2.22. The van der Waals surface area contributed by atoms with Gasteiger partial charge in [0.25, 0.3) is 0 Å². The number of fused-ring (bicyclic) bond motifs is 1. The number of para-hydroxylation sites is 2. The summed E-state index contributed by atoms with van der Waals surface area (Å²) in [5.41, 5.74) is 2.97. The number of aromatic nitrogens is 1. The highest BCUT2D eigenvalue weighted by Gasteiger charge is 2.08. The van der Waals surface area contributed by atoms with E-state index in [2.05, 4.69) is 16.4 Å². The van der Waals surface area contributed by atoms with Crippen molar-refractivity contribution < 1.29 is 4.79 Å². The number of nitrogens with zero attached hydrogens (tertiary/aromatic N) is 1. The second-order valence-electron chi connectivity index (χ2n) is 4.94. The van der Waals surface area contributed by atoms with Crippen molar-refractivity contribution in [3.63, 3.8) is 0 Å². The van der Waals surface area contributed by atoms with E-state index in [1.165, 1.54) is 4.70 Å². The smallest absolute Gasteiger partial charge is 0.224 e. The van der Waals surface area contributed by atoms with Gasteiger partial charge < -0.3 is 5.32 Å². The zero-order valence-corrected chi connectivity index (χ0v) is 12.6. The van der Waals surface area contributed by atoms with Crippen LogP contribution in [-0.4, -0.2) is 10.9 Å². The molecule has 106 valence electrons. The highest BCUT2D eigenvalue weighted by atomic mass is 32.1. The number of rotatable bonds is 4. The zero-order chi connectivity index (χ0) is 14.7. The summed E-state index contributed by atoms with van der Waals surface area (Å²) in [5.74, 6) is 0.0311. The second-order valence-corrected chi connectivity index (χ2v) is 6.05. The number of carbonyl (C=O) groups excluding carboxylic acids is 1. The van der Waals surface area contributed by atoms with E-state index in [0.29, 0.717) is 12.8 Å². The van der Waals surface area contributed by atoms with Crippen LogP contribution in [0.3, 0.4) is 0 Å². The van der Waals surface area contributed by atoms with Crippen LogP contribution in [0.2, 0.25) is 0 Å². The van der Waals surface area contributed by atoms with Gasteiger partial charge in [-0.05, 0) is 30.7 Å². The summed E-state index contributed by atoms with van der Waals surface area (Å²) in [5, 5.41) is 3.96. The summed E-state index contributed by atoms with van der Waals surface area (Å²) < 4.78 is 1.17. The molecule has 0 aliphatic rings. The molecule has 21 heavy (non-hydrogen) atoms. The van der Waals surface area contributed by atoms with Crippen molar-refractivity contribution in [2.45, 2.75) is 19.8 Å². The van der Waals surface area contributed by atoms with Crippen LogP contribution in [0.5, 0.6) is 0 Å². The summed E-state index contributed by atoms with van der Waals surface area (Å²) in [6.45, 7) is 1.99. The number of amides is 1. The van der Waals surface area contributed by atoms with Gasteiger partial charge in [-0.2, -0.15) is 0 Å². The normalized spacial score (nSPS) is 10.7. The van der Waals surface area contributed by atoms with Crippen LogP contribution < -0.4 is 5.32 Å². The SMILES string of the molecule is Cc1ccccc1NC(=O)CCc1nc2ccccc2s1. The van der Waals surface area contributed by atoms with Gasteiger partial charge in [0.2, 0.25) is 5.91 Å². The van der Waals surface area contributed by atoms with Gasteiger partial charge in [-0.15, -0.1) is 11.3 Å². The van der Waals surface area contributed by atoms with E-state index in [0.717, 1.165) is 21.8 Å². The van der Waals surface area contributed by atoms with Crippen LogP contribution in [-0.2, 0) is 11.2 Å². The van der Waals surface area contributed by atoms with E-state index in [1.807, 2.05) is 49.4 Å². The van der Waals surface area contributed by atoms with Crippen LogP contribution in [0.1, 0.15) is 17.0 Å². The van der Waals surface area contributed by atoms with E-state index >= 15 is 0 Å². The summed E-state index contributed by atoms with van der Waals surface area (Å²) >= 11 is 1.66. The molecule has 1 N–H and O–H groups in total. The monoisotopic (exact) mass is 296 g/mol. The van der Waals surface area contributed by atoms with Crippen LogP contribution in [0.25, 0.3) is 10.2 Å². The highest BCUT2D eigenvalue weighted by molar-refractivity contribution is 7.18. The molecule has 2 aromatic carbocycles. The van der Waals surface area contributed by atoms with Crippen LogP contribution in [0.15, 0.2) is 48.5 Å². The molecule has 4 heteroatoms. The minimum absolute atomic E-state index is 0.0311. The van der Waals surface area contributed by atoms with Crippen LogP contribution in [0, 0.1) is 6.92 Å². The molecule has 0 aliphatic carbocycles. The fourth-order valence-corrected chi connectivity index (χ4v) is 3.14. The van der Waals surface area contributed by atoms with Crippen LogP contribution in [0.4, 0.5) is 5.69 Å². The number of nitrogens with one attached hydrogen (secondary N) is 1. The summed E-state index contributed by atoms with van der Waals surface area (Å²) in [7, 11) is 0. The predicted molar refractivity (Wildman–Crippen MR) is 87.7 cm³/mol. The molecule has 0 radical (unpaired) electrons. The van der Waals surface area contributed by atoms with Crippen molar-refractivity contribution in [3.05, 3.63) is 59.1 Å². The van der Waals surface area contributed by atoms with Gasteiger partial charge in [0.1, 0.15) is 0 Å². The van der Waals surface area contributed by atoms with Gasteiger partial charge in [-0.1, -0.05) is 30.3 Å². The summed E-state index contributed by atoms with van der Waals surface area (Å²) in [4.78, 5) is 16.6. The lowest BCUT2D eigenvalue weighted by Gasteiger charge is -2.07. The van der Waals surface area contributed by atoms with E-state index in [1.54, 1.807) is 11.3 Å². The Morgan fingerprint density at radius 3 is 2.71 bits per heavy atom. The molecule has 3 nitrogen and oxygen atoms in total. The van der Waals surface area contributed by atoms with Gasteiger partial charge in [0.15, 0.2) is 0 Å². The van der Waals surface area contributed by atoms with Crippen molar-refractivity contribution in [2.75, 3.05) is 5.32 Å². The van der Waals surface area contributed by atoms with E-state index in [9.17, 15) is 4.79 Å². The maximum Gasteiger partial charge on any atom is 0.224 e. The summed E-state index contributed by atoms with van der Waals surface area (Å²) in [6.07, 6.45) is 1.13. The molecule has 0 unspecified atom stereocenters. The molecule has 0 aliphatic heterocycles. The van der Waals surface area contributed by atoms with Gasteiger partial charge in [-0.3, -0.25) is 4.79 Å². The first-order valence-corrected chi connectivity index (χ1v) is 7.74. The Hall–Kier alpha value is -2.20. The Morgan fingerprint density at radius 1 is 1.14 bits per heavy atom. The fourth-order valence-electron chi connectivity index (χ4n) is 2.17. The lowest BCUT2D eigenvalue weighted by Crippen LogP contribution is -2.13. The molecule has 1 aromatic heterocycles. The molecule has 0 saturated heterocycles. The molecule has 0 bridgehead atoms. The maximum atomic E-state index is 12.0. The predicted octanol–water partition coefficient (Wildman–Crippen LogP) is 4.18. The van der Waals surface area contributed by atoms with E-state index < -0.39 is 0 Å². The third-order valence-electron chi connectivity index (χ3n) is 3.32. The Kier molecular flexibility index (Phi) is 3.97. The minimum Gasteiger partial charge on any atom is -0.326 e. The third-order valence-corrected chi connectivity index (χ3v) is 4.42. The van der Waals surface area contributed by atoms with Crippen molar-refractivity contribution in [3.8, 4) is 0 Å². The molecular weight excluding hydrogens is 280 g/mol. The van der Waals surface area contributed by atoms with E-state index in [-0.39, 0.29) is 5.91 Å². The number of hydrogen-bond acceptors (Lipinski definition) is 3. The molecule has 1 heterocycles. The zero-order valence-electron chi connectivity index (χ0n) is 11.8. The van der Waals surface area contributed by atoms with Gasteiger partial charge >= 0.3 is 0 Å². The number of benzene rings is 2. The molecule has 3 rings (SSSR count). The Morgan fingerprint density at radius 2 is 1.90 bits per heavy atom. The quantitative estimate of drug-likeness (QED) is 0.785. The standard InChI is InChI=1S/C17H16N2OS/c1-12-6-2-3-7-13(12)18-16(20)10-11-17-19-14-8-4-5-9-15(14)21-17/h2-9H,10-11H2,1H3,(H,18,20). The molecule has 1 amide bonds. The molecule has 0 fully saturated rings. The Balaban J connectivity index is 1.62. The lowest BCUT2D eigenvalue weighted by molar-refractivity contribution is -0.116. The average molecular weight is 296 g/mol. The van der Waals surface area contributed by atoms with Crippen molar-refractivity contribution in [1.29, 1.82) is 0 Å². The number of carbonyl (C=O) groups is 1. The van der Waals surface area contributed by atoms with Crippen molar-refractivity contribution in [2.24, 2.45) is 0 Å². The molecule has 0 spiro atoms. The van der Waals surface area contributed by atoms with Gasteiger partial charge in [-0.25, -0.2) is 4.98 Å². The fraction of sp³-hybridized carbons (Fsp3) is 0.176. The maximum absolute atomic E-state index is 12.0. The first-order chi connectivity index (χ1) is 10.2. The molecule has 0 saturated carbocycles. The van der Waals surface area contributed by atoms with Crippen molar-refractivity contribution in [1.82, 2.24) is 4.98 Å². The number of aryl methyl sites for hydroxylation is 2. The Labute approximate surface area is 127 Å². The minimum atomic E-state index is 0.0311. The lowest BCUT2D eigenvalue weighted by atomic mass is 10.2. The number of hydrogen-bond donors (Lipinski definition) is 1. The van der Waals surface area contributed by atoms with Gasteiger partial charge in [0, 0.05) is 18.5 Å². The van der Waals surface area contributed by atoms with Crippen molar-refractivity contribution >= 4 is 33.1 Å². The third kappa shape index (κ3) is 3.28. The molecule has 3 aromatic rings. The van der Waals surface area contributed by atoms with Gasteiger partial charge in [0.05, 0.1) is 15.2 Å². The number of thiazole rings is 1. The molecular formula is C17H16N2OS. The first kappa shape index (κ1) is 13.8. The largest absolute Gasteiger partial charge is 0.326 e. The van der Waals surface area contributed by atoms with E-state index in [4.69, 9.17) is 0 Å². The second kappa shape index (κ2) is 6.06.